The maximum absolute atomic E-state index is 6.05. The molecule has 0 saturated heterocycles. The van der Waals surface area contributed by atoms with Crippen LogP contribution in [0, 0.1) is 5.92 Å². The monoisotopic (exact) mass is 326 g/mol. The number of halogens is 1. The van der Waals surface area contributed by atoms with Gasteiger partial charge in [-0.3, -0.25) is 4.90 Å². The summed E-state index contributed by atoms with van der Waals surface area (Å²) in [6.07, 6.45) is 2.20. The van der Waals surface area contributed by atoms with Crippen LogP contribution in [0.5, 0.6) is 0 Å². The van der Waals surface area contributed by atoms with Crippen LogP contribution in [0.1, 0.15) is 32.8 Å². The zero-order valence-electron chi connectivity index (χ0n) is 12.6. The number of benzene rings is 1. The fraction of sp³-hybridized carbons (Fsp3) is 0.625. The molecule has 0 spiro atoms. The Hall–Kier alpha value is -0.380. The SMILES string of the molecule is CCC(C)CN(C)C(C)(CN)Cc1ccc(Br)cc1. The number of rotatable bonds is 7. The molecule has 2 N–H and O–H groups in total. The lowest BCUT2D eigenvalue weighted by molar-refractivity contribution is 0.124. The highest BCUT2D eigenvalue weighted by molar-refractivity contribution is 9.10. The van der Waals surface area contributed by atoms with Gasteiger partial charge in [-0.2, -0.15) is 0 Å². The molecule has 0 aliphatic heterocycles. The maximum atomic E-state index is 6.05. The van der Waals surface area contributed by atoms with Crippen molar-refractivity contribution in [3.05, 3.63) is 34.3 Å². The molecule has 0 aromatic heterocycles. The van der Waals surface area contributed by atoms with E-state index in [2.05, 4.69) is 72.9 Å². The van der Waals surface area contributed by atoms with Crippen LogP contribution in [0.2, 0.25) is 0 Å². The quantitative estimate of drug-likeness (QED) is 0.828. The fourth-order valence-electron chi connectivity index (χ4n) is 2.22. The Bertz CT molecular complexity index is 377. The number of hydrogen-bond donors (Lipinski definition) is 1. The summed E-state index contributed by atoms with van der Waals surface area (Å²) < 4.78 is 1.12. The van der Waals surface area contributed by atoms with E-state index in [0.717, 1.165) is 17.4 Å². The van der Waals surface area contributed by atoms with E-state index in [1.54, 1.807) is 0 Å². The van der Waals surface area contributed by atoms with Crippen molar-refractivity contribution in [1.82, 2.24) is 4.90 Å². The molecular weight excluding hydrogens is 300 g/mol. The minimum absolute atomic E-state index is 0.0251. The predicted octanol–water partition coefficient (Wildman–Crippen LogP) is 3.69. The van der Waals surface area contributed by atoms with E-state index < -0.39 is 0 Å². The summed E-state index contributed by atoms with van der Waals surface area (Å²) >= 11 is 3.48. The van der Waals surface area contributed by atoms with Gasteiger partial charge in [0.25, 0.3) is 0 Å². The van der Waals surface area contributed by atoms with Gasteiger partial charge in [0.2, 0.25) is 0 Å². The first kappa shape index (κ1) is 16.7. The molecule has 2 atom stereocenters. The van der Waals surface area contributed by atoms with Crippen molar-refractivity contribution < 1.29 is 0 Å². The van der Waals surface area contributed by atoms with Crippen LogP contribution in [-0.2, 0) is 6.42 Å². The Labute approximate surface area is 126 Å². The number of nitrogens with two attached hydrogens (primary N) is 1. The van der Waals surface area contributed by atoms with Crippen LogP contribution in [0.25, 0.3) is 0 Å². The lowest BCUT2D eigenvalue weighted by Crippen LogP contribution is -2.52. The molecule has 0 saturated carbocycles. The second-order valence-corrected chi connectivity index (χ2v) is 6.81. The Kier molecular flexibility index (Phi) is 6.51. The van der Waals surface area contributed by atoms with Crippen molar-refractivity contribution in [2.75, 3.05) is 20.1 Å². The Balaban J connectivity index is 2.76. The highest BCUT2D eigenvalue weighted by Crippen LogP contribution is 2.21. The Morgan fingerprint density at radius 2 is 1.89 bits per heavy atom. The van der Waals surface area contributed by atoms with E-state index in [4.69, 9.17) is 5.73 Å². The van der Waals surface area contributed by atoms with Crippen molar-refractivity contribution in [3.8, 4) is 0 Å². The third-order valence-electron chi connectivity index (χ3n) is 4.14. The van der Waals surface area contributed by atoms with Gasteiger partial charge in [0, 0.05) is 23.1 Å². The Morgan fingerprint density at radius 3 is 2.37 bits per heavy atom. The average Bonchev–Trinajstić information content (AvgIpc) is 2.41. The minimum Gasteiger partial charge on any atom is -0.329 e. The fourth-order valence-corrected chi connectivity index (χ4v) is 2.49. The summed E-state index contributed by atoms with van der Waals surface area (Å²) in [4.78, 5) is 2.42. The molecule has 0 radical (unpaired) electrons. The van der Waals surface area contributed by atoms with Gasteiger partial charge in [-0.1, -0.05) is 48.3 Å². The molecule has 1 aromatic carbocycles. The molecule has 0 aliphatic rings. The van der Waals surface area contributed by atoms with Gasteiger partial charge in [0.05, 0.1) is 0 Å². The number of nitrogens with zero attached hydrogens (tertiary/aromatic N) is 1. The van der Waals surface area contributed by atoms with Crippen LogP contribution in [-0.4, -0.2) is 30.6 Å². The van der Waals surface area contributed by atoms with Crippen molar-refractivity contribution in [1.29, 1.82) is 0 Å². The van der Waals surface area contributed by atoms with E-state index in [1.165, 1.54) is 12.0 Å². The molecule has 0 fully saturated rings. The molecule has 1 aromatic rings. The summed E-state index contributed by atoms with van der Waals surface area (Å²) in [5.41, 5.74) is 7.42. The Morgan fingerprint density at radius 1 is 1.32 bits per heavy atom. The normalized spacial score (nSPS) is 16.4. The minimum atomic E-state index is 0.0251. The number of hydrogen-bond acceptors (Lipinski definition) is 2. The lowest BCUT2D eigenvalue weighted by atomic mass is 9.90. The van der Waals surface area contributed by atoms with Crippen molar-refractivity contribution in [2.45, 2.75) is 39.2 Å². The van der Waals surface area contributed by atoms with Gasteiger partial charge in [0.1, 0.15) is 0 Å². The molecule has 0 aliphatic carbocycles. The van der Waals surface area contributed by atoms with Crippen molar-refractivity contribution in [3.63, 3.8) is 0 Å². The average molecular weight is 327 g/mol. The summed E-state index contributed by atoms with van der Waals surface area (Å²) in [5, 5.41) is 0. The second-order valence-electron chi connectivity index (χ2n) is 5.90. The summed E-state index contributed by atoms with van der Waals surface area (Å²) in [6, 6.07) is 8.55. The lowest BCUT2D eigenvalue weighted by Gasteiger charge is -2.39. The number of likely N-dealkylation sites (N-methyl/N-ethyl adjacent to an activating group) is 1. The molecule has 0 bridgehead atoms. The second kappa shape index (κ2) is 7.41. The van der Waals surface area contributed by atoms with Gasteiger partial charge >= 0.3 is 0 Å². The first-order valence-electron chi connectivity index (χ1n) is 7.07. The largest absolute Gasteiger partial charge is 0.329 e. The van der Waals surface area contributed by atoms with Crippen LogP contribution < -0.4 is 5.73 Å². The molecule has 0 heterocycles. The van der Waals surface area contributed by atoms with Gasteiger partial charge < -0.3 is 5.73 Å². The molecular formula is C16H27BrN2. The van der Waals surface area contributed by atoms with E-state index in [-0.39, 0.29) is 5.54 Å². The van der Waals surface area contributed by atoms with Crippen molar-refractivity contribution in [2.24, 2.45) is 11.7 Å². The van der Waals surface area contributed by atoms with Crippen LogP contribution >= 0.6 is 15.9 Å². The zero-order chi connectivity index (χ0) is 14.5. The molecule has 108 valence electrons. The topological polar surface area (TPSA) is 29.3 Å². The third-order valence-corrected chi connectivity index (χ3v) is 4.67. The molecule has 3 heteroatoms. The van der Waals surface area contributed by atoms with E-state index >= 15 is 0 Å². The highest BCUT2D eigenvalue weighted by Gasteiger charge is 2.28. The maximum Gasteiger partial charge on any atom is 0.0340 e. The predicted molar refractivity (Wildman–Crippen MR) is 87.4 cm³/mol. The van der Waals surface area contributed by atoms with Gasteiger partial charge in [-0.25, -0.2) is 0 Å². The molecule has 2 nitrogen and oxygen atoms in total. The molecule has 19 heavy (non-hydrogen) atoms. The first-order valence-corrected chi connectivity index (χ1v) is 7.86. The summed E-state index contributed by atoms with van der Waals surface area (Å²) in [6.45, 7) is 8.58. The third kappa shape index (κ3) is 4.90. The first-order chi connectivity index (χ1) is 8.91. The summed E-state index contributed by atoms with van der Waals surface area (Å²) in [7, 11) is 2.19. The van der Waals surface area contributed by atoms with Gasteiger partial charge in [-0.15, -0.1) is 0 Å². The standard InChI is InChI=1S/C16H27BrN2/c1-5-13(2)11-19(4)16(3,12-18)10-14-6-8-15(17)9-7-14/h6-9,13H,5,10-12,18H2,1-4H3. The molecule has 1 rings (SSSR count). The van der Waals surface area contributed by atoms with Crippen LogP contribution in [0.15, 0.2) is 28.7 Å². The smallest absolute Gasteiger partial charge is 0.0340 e. The van der Waals surface area contributed by atoms with Crippen molar-refractivity contribution >= 4 is 15.9 Å². The highest BCUT2D eigenvalue weighted by atomic mass is 79.9. The van der Waals surface area contributed by atoms with E-state index in [9.17, 15) is 0 Å². The molecule has 2 unspecified atom stereocenters. The van der Waals surface area contributed by atoms with Gasteiger partial charge in [0.15, 0.2) is 0 Å². The van der Waals surface area contributed by atoms with Gasteiger partial charge in [-0.05, 0) is 44.0 Å². The zero-order valence-corrected chi connectivity index (χ0v) is 14.2. The van der Waals surface area contributed by atoms with E-state index in [1.807, 2.05) is 0 Å². The molecule has 0 amide bonds. The van der Waals surface area contributed by atoms with Crippen LogP contribution in [0.4, 0.5) is 0 Å². The van der Waals surface area contributed by atoms with E-state index in [0.29, 0.717) is 12.5 Å². The summed E-state index contributed by atoms with van der Waals surface area (Å²) in [5.74, 6) is 0.709. The van der Waals surface area contributed by atoms with Crippen LogP contribution in [0.3, 0.4) is 0 Å².